The summed E-state index contributed by atoms with van der Waals surface area (Å²) in [6.45, 7) is 0.501. The van der Waals surface area contributed by atoms with Gasteiger partial charge in [0, 0.05) is 26.1 Å². The Morgan fingerprint density at radius 1 is 1.40 bits per heavy atom. The van der Waals surface area contributed by atoms with Gasteiger partial charge in [0.2, 0.25) is 5.91 Å². The fourth-order valence-electron chi connectivity index (χ4n) is 2.84. The van der Waals surface area contributed by atoms with Crippen molar-refractivity contribution < 1.29 is 9.53 Å². The molecule has 4 heteroatoms. The van der Waals surface area contributed by atoms with E-state index in [0.29, 0.717) is 18.9 Å². The van der Waals surface area contributed by atoms with Crippen molar-refractivity contribution in [1.82, 2.24) is 5.32 Å². The van der Waals surface area contributed by atoms with Crippen molar-refractivity contribution in [3.05, 3.63) is 35.9 Å². The van der Waals surface area contributed by atoms with Crippen LogP contribution in [0.15, 0.2) is 30.3 Å². The maximum atomic E-state index is 12.0. The third-order valence-corrected chi connectivity index (χ3v) is 4.11. The molecule has 3 atom stereocenters. The van der Waals surface area contributed by atoms with Gasteiger partial charge in [-0.1, -0.05) is 36.8 Å². The quantitative estimate of drug-likeness (QED) is 0.835. The first-order valence-electron chi connectivity index (χ1n) is 7.30. The summed E-state index contributed by atoms with van der Waals surface area (Å²) in [7, 11) is 1.66. The highest BCUT2D eigenvalue weighted by atomic mass is 16.5. The Morgan fingerprint density at radius 2 is 2.15 bits per heavy atom. The molecule has 1 fully saturated rings. The molecule has 20 heavy (non-hydrogen) atoms. The molecule has 0 saturated heterocycles. The second-order valence-corrected chi connectivity index (χ2v) is 5.50. The summed E-state index contributed by atoms with van der Waals surface area (Å²) in [6, 6.07) is 10.1. The van der Waals surface area contributed by atoms with Crippen molar-refractivity contribution >= 4 is 5.91 Å². The third-order valence-electron chi connectivity index (χ3n) is 4.11. The van der Waals surface area contributed by atoms with Crippen LogP contribution in [-0.2, 0) is 9.53 Å². The van der Waals surface area contributed by atoms with Crippen LogP contribution in [0.5, 0.6) is 0 Å². The largest absolute Gasteiger partial charge is 0.375 e. The summed E-state index contributed by atoms with van der Waals surface area (Å²) in [5, 5.41) is 2.96. The van der Waals surface area contributed by atoms with Crippen LogP contribution >= 0.6 is 0 Å². The molecule has 3 N–H and O–H groups in total. The maximum Gasteiger partial charge on any atom is 0.220 e. The van der Waals surface area contributed by atoms with Crippen LogP contribution in [0, 0.1) is 5.92 Å². The predicted molar refractivity (Wildman–Crippen MR) is 79.1 cm³/mol. The Bertz CT molecular complexity index is 422. The van der Waals surface area contributed by atoms with E-state index in [0.717, 1.165) is 24.8 Å². The summed E-state index contributed by atoms with van der Waals surface area (Å²) in [4.78, 5) is 12.0. The van der Waals surface area contributed by atoms with Crippen LogP contribution in [-0.4, -0.2) is 25.6 Å². The molecule has 1 amide bonds. The average Bonchev–Trinajstić information content (AvgIpc) is 2.86. The number of hydrogen-bond donors (Lipinski definition) is 2. The number of ether oxygens (including phenoxy) is 1. The first-order valence-corrected chi connectivity index (χ1v) is 7.30. The van der Waals surface area contributed by atoms with Gasteiger partial charge in [0.05, 0.1) is 6.10 Å². The van der Waals surface area contributed by atoms with Gasteiger partial charge in [0.1, 0.15) is 0 Å². The normalized spacial score (nSPS) is 23.5. The molecule has 0 bridgehead atoms. The molecule has 0 aliphatic heterocycles. The van der Waals surface area contributed by atoms with Crippen molar-refractivity contribution in [3.63, 3.8) is 0 Å². The monoisotopic (exact) mass is 276 g/mol. The molecule has 1 aromatic rings. The lowest BCUT2D eigenvalue weighted by Gasteiger charge is -2.18. The minimum Gasteiger partial charge on any atom is -0.375 e. The summed E-state index contributed by atoms with van der Waals surface area (Å²) < 4.78 is 5.44. The second kappa shape index (κ2) is 7.41. The fraction of sp³-hybridized carbons (Fsp3) is 0.562. The van der Waals surface area contributed by atoms with Gasteiger partial charge < -0.3 is 15.8 Å². The molecular weight excluding hydrogens is 252 g/mol. The molecule has 110 valence electrons. The highest BCUT2D eigenvalue weighted by Crippen LogP contribution is 2.26. The van der Waals surface area contributed by atoms with E-state index in [9.17, 15) is 4.79 Å². The van der Waals surface area contributed by atoms with Crippen LogP contribution in [0.1, 0.15) is 37.4 Å². The lowest BCUT2D eigenvalue weighted by Crippen LogP contribution is -2.33. The number of rotatable bonds is 6. The smallest absolute Gasteiger partial charge is 0.220 e. The van der Waals surface area contributed by atoms with Gasteiger partial charge >= 0.3 is 0 Å². The number of carbonyl (C=O) groups is 1. The molecule has 0 aromatic heterocycles. The molecule has 1 saturated carbocycles. The minimum atomic E-state index is -0.0996. The predicted octanol–water partition coefficient (Wildman–Crippen LogP) is 2.01. The lowest BCUT2D eigenvalue weighted by molar-refractivity contribution is -0.122. The van der Waals surface area contributed by atoms with E-state index in [1.807, 2.05) is 30.3 Å². The molecule has 1 aromatic carbocycles. The average molecular weight is 276 g/mol. The number of amides is 1. The van der Waals surface area contributed by atoms with Crippen molar-refractivity contribution in [3.8, 4) is 0 Å². The van der Waals surface area contributed by atoms with Gasteiger partial charge in [-0.05, 0) is 24.3 Å². The molecule has 2 rings (SSSR count). The summed E-state index contributed by atoms with van der Waals surface area (Å²) >= 11 is 0. The van der Waals surface area contributed by atoms with Crippen molar-refractivity contribution in [2.75, 3.05) is 13.7 Å². The molecule has 4 nitrogen and oxygen atoms in total. The zero-order valence-electron chi connectivity index (χ0n) is 12.0. The first-order chi connectivity index (χ1) is 9.70. The van der Waals surface area contributed by atoms with Crippen molar-refractivity contribution in [2.45, 2.75) is 37.8 Å². The zero-order chi connectivity index (χ0) is 14.4. The molecule has 0 heterocycles. The standard InChI is InChI=1S/C16H24N2O2/c1-20-15(12-6-3-2-4-7-12)11-18-16(19)10-13-8-5-9-14(13)17/h2-4,6-7,13-15H,5,8-11,17H2,1H3,(H,18,19)/t13-,14+,15?/m0/s1. The van der Waals surface area contributed by atoms with Crippen LogP contribution in [0.25, 0.3) is 0 Å². The number of benzene rings is 1. The molecule has 1 aliphatic rings. The number of hydrogen-bond acceptors (Lipinski definition) is 3. The molecule has 1 unspecified atom stereocenters. The maximum absolute atomic E-state index is 12.0. The van der Waals surface area contributed by atoms with E-state index >= 15 is 0 Å². The third kappa shape index (κ3) is 4.05. The number of carbonyl (C=O) groups excluding carboxylic acids is 1. The topological polar surface area (TPSA) is 64.3 Å². The number of methoxy groups -OCH3 is 1. The van der Waals surface area contributed by atoms with Gasteiger partial charge in [-0.15, -0.1) is 0 Å². The first kappa shape index (κ1) is 15.0. The lowest BCUT2D eigenvalue weighted by atomic mass is 10.00. The molecule has 0 radical (unpaired) electrons. The van der Waals surface area contributed by atoms with E-state index in [2.05, 4.69) is 5.32 Å². The fourth-order valence-corrected chi connectivity index (χ4v) is 2.84. The van der Waals surface area contributed by atoms with Gasteiger partial charge in [-0.25, -0.2) is 0 Å². The van der Waals surface area contributed by atoms with E-state index in [4.69, 9.17) is 10.5 Å². The molecule has 0 spiro atoms. The number of nitrogens with one attached hydrogen (secondary N) is 1. The minimum absolute atomic E-state index is 0.0744. The Hall–Kier alpha value is -1.39. The Labute approximate surface area is 120 Å². The van der Waals surface area contributed by atoms with E-state index in [1.165, 1.54) is 0 Å². The van der Waals surface area contributed by atoms with Gasteiger partial charge in [-0.2, -0.15) is 0 Å². The van der Waals surface area contributed by atoms with Gasteiger partial charge in [-0.3, -0.25) is 4.79 Å². The van der Waals surface area contributed by atoms with E-state index in [-0.39, 0.29) is 18.1 Å². The summed E-state index contributed by atoms with van der Waals surface area (Å²) in [6.07, 6.45) is 3.69. The zero-order valence-corrected chi connectivity index (χ0v) is 12.0. The van der Waals surface area contributed by atoms with E-state index < -0.39 is 0 Å². The highest BCUT2D eigenvalue weighted by molar-refractivity contribution is 5.76. The summed E-state index contributed by atoms with van der Waals surface area (Å²) in [5.41, 5.74) is 7.07. The summed E-state index contributed by atoms with van der Waals surface area (Å²) in [5.74, 6) is 0.415. The highest BCUT2D eigenvalue weighted by Gasteiger charge is 2.26. The van der Waals surface area contributed by atoms with Crippen molar-refractivity contribution in [1.29, 1.82) is 0 Å². The Balaban J connectivity index is 1.79. The second-order valence-electron chi connectivity index (χ2n) is 5.50. The van der Waals surface area contributed by atoms with Crippen LogP contribution in [0.4, 0.5) is 0 Å². The van der Waals surface area contributed by atoms with Gasteiger partial charge in [0.25, 0.3) is 0 Å². The number of nitrogens with two attached hydrogens (primary N) is 1. The molecular formula is C16H24N2O2. The van der Waals surface area contributed by atoms with E-state index in [1.54, 1.807) is 7.11 Å². The van der Waals surface area contributed by atoms with Crippen molar-refractivity contribution in [2.24, 2.45) is 11.7 Å². The Morgan fingerprint density at radius 3 is 2.75 bits per heavy atom. The molecule has 1 aliphatic carbocycles. The van der Waals surface area contributed by atoms with Gasteiger partial charge in [0.15, 0.2) is 0 Å². The van der Waals surface area contributed by atoms with Crippen LogP contribution < -0.4 is 11.1 Å². The van der Waals surface area contributed by atoms with Crippen LogP contribution in [0.3, 0.4) is 0 Å². The SMILES string of the molecule is COC(CNC(=O)C[C@@H]1CCC[C@H]1N)c1ccccc1. The Kier molecular flexibility index (Phi) is 5.56. The van der Waals surface area contributed by atoms with Crippen LogP contribution in [0.2, 0.25) is 0 Å².